The number of carbonyl (C=O) groups excluding carboxylic acids is 2. The minimum atomic E-state index is -2.21. The first-order chi connectivity index (χ1) is 30.0. The van der Waals surface area contributed by atoms with E-state index in [0.717, 1.165) is 56.0 Å². The summed E-state index contributed by atoms with van der Waals surface area (Å²) >= 11 is 0. The van der Waals surface area contributed by atoms with Gasteiger partial charge in [-0.15, -0.1) is 0 Å². The van der Waals surface area contributed by atoms with E-state index in [-0.39, 0.29) is 121 Å². The Labute approximate surface area is 375 Å². The van der Waals surface area contributed by atoms with Crippen LogP contribution in [0.3, 0.4) is 0 Å². The third-order valence-electron chi connectivity index (χ3n) is 17.2. The molecule has 0 aromatic carbocycles. The number of esters is 1. The van der Waals surface area contributed by atoms with E-state index >= 15 is 0 Å². The Hall–Kier alpha value is -1.56. The first-order valence-corrected chi connectivity index (χ1v) is 27.5. The van der Waals surface area contributed by atoms with Gasteiger partial charge >= 0.3 is 5.97 Å². The number of ether oxygens (including phenoxy) is 10. The van der Waals surface area contributed by atoms with Crippen molar-refractivity contribution in [1.82, 2.24) is 0 Å². The summed E-state index contributed by atoms with van der Waals surface area (Å²) in [5.41, 5.74) is 2.18. The molecule has 1 spiro atoms. The van der Waals surface area contributed by atoms with Gasteiger partial charge in [-0.05, 0) is 86.6 Å². The molecule has 352 valence electrons. The molecule has 11 fully saturated rings. The summed E-state index contributed by atoms with van der Waals surface area (Å²) in [5.74, 6) is -1.12. The molecule has 0 radical (unpaired) electrons. The summed E-state index contributed by atoms with van der Waals surface area (Å²) in [4.78, 5) is 26.0. The van der Waals surface area contributed by atoms with Crippen molar-refractivity contribution in [2.45, 2.75) is 258 Å². The zero-order chi connectivity index (χ0) is 44.2. The van der Waals surface area contributed by atoms with Crippen molar-refractivity contribution in [1.29, 1.82) is 0 Å². The average Bonchev–Trinajstić information content (AvgIpc) is 3.81. The van der Waals surface area contributed by atoms with Gasteiger partial charge in [-0.2, -0.15) is 0 Å². The van der Waals surface area contributed by atoms with Crippen molar-refractivity contribution in [2.24, 2.45) is 11.8 Å². The van der Waals surface area contributed by atoms with Gasteiger partial charge in [0.1, 0.15) is 42.9 Å². The van der Waals surface area contributed by atoms with Gasteiger partial charge in [0.05, 0.1) is 79.7 Å². The van der Waals surface area contributed by atoms with Crippen LogP contribution in [0.15, 0.2) is 24.3 Å². The van der Waals surface area contributed by atoms with Gasteiger partial charge < -0.3 is 56.6 Å². The van der Waals surface area contributed by atoms with E-state index in [1.54, 1.807) is 0 Å². The van der Waals surface area contributed by atoms with E-state index in [2.05, 4.69) is 60.9 Å². The predicted molar refractivity (Wildman–Crippen MR) is 232 cm³/mol. The van der Waals surface area contributed by atoms with Gasteiger partial charge in [0.15, 0.2) is 14.1 Å². The topological polar surface area (TPSA) is 136 Å². The van der Waals surface area contributed by atoms with Crippen molar-refractivity contribution in [3.63, 3.8) is 0 Å². The zero-order valence-corrected chi connectivity index (χ0v) is 39.7. The monoisotopic (exact) mass is 898 g/mol. The van der Waals surface area contributed by atoms with Gasteiger partial charge in [0.25, 0.3) is 0 Å². The lowest BCUT2D eigenvalue weighted by Gasteiger charge is -2.53. The van der Waals surface area contributed by atoms with E-state index in [0.29, 0.717) is 44.9 Å². The SMILES string of the molecule is C=C1C[C@@H]2CC[C@@]34C[C@H]5O[C@@H]6[C@@H](O3)[C@H]3O[C@H](CC[C@@H]3O[C@H]6[C@H]5O4)CC(=O)O[C@@H]3[C@@H](C)[C@@H]4O[C@H](CCC=O)[C@H](O[Si](C)(C)C(C)(C)C)C[C@@H]4O[C@H]3C[C@H]3O[C@@H](CC[C@@H]1O2)C[C@@H](C)C3=C. The molecule has 11 rings (SSSR count). The molecule has 0 aliphatic carbocycles. The molecule has 0 saturated carbocycles. The molecule has 0 unspecified atom stereocenters. The molecule has 11 aliphatic rings. The van der Waals surface area contributed by atoms with Crippen LogP contribution < -0.4 is 0 Å². The van der Waals surface area contributed by atoms with Crippen LogP contribution in [0.2, 0.25) is 18.1 Å². The molecule has 0 amide bonds. The fraction of sp³-hybridized carbons (Fsp3) is 0.878. The van der Waals surface area contributed by atoms with Crippen molar-refractivity contribution in [3.05, 3.63) is 24.3 Å². The van der Waals surface area contributed by atoms with E-state index in [4.69, 9.17) is 51.8 Å². The number of hydrogen-bond acceptors (Lipinski definition) is 13. The summed E-state index contributed by atoms with van der Waals surface area (Å²) in [6.07, 6.45) is 5.29. The number of hydrogen-bond donors (Lipinski definition) is 0. The Morgan fingerprint density at radius 1 is 0.714 bits per heavy atom. The predicted octanol–water partition coefficient (Wildman–Crippen LogP) is 7.21. The second-order valence-electron chi connectivity index (χ2n) is 22.5. The normalized spacial score (nSPS) is 50.0. The quantitative estimate of drug-likeness (QED) is 0.119. The number of fused-ring (bicyclic) bond motifs is 7. The van der Waals surface area contributed by atoms with Crippen LogP contribution in [-0.4, -0.2) is 136 Å². The lowest BCUT2D eigenvalue weighted by Crippen LogP contribution is -2.63. The van der Waals surface area contributed by atoms with Gasteiger partial charge in [-0.1, -0.05) is 47.8 Å². The Bertz CT molecular complexity index is 1750. The lowest BCUT2D eigenvalue weighted by atomic mass is 9.79. The maximum Gasteiger partial charge on any atom is 0.308 e. The molecule has 21 atom stereocenters. The fourth-order valence-electron chi connectivity index (χ4n) is 12.7. The highest BCUT2D eigenvalue weighted by Gasteiger charge is 2.69. The number of aldehydes is 1. The summed E-state index contributed by atoms with van der Waals surface area (Å²) in [7, 11) is -2.21. The molecule has 63 heavy (non-hydrogen) atoms. The fourth-order valence-corrected chi connectivity index (χ4v) is 14.0. The Kier molecular flexibility index (Phi) is 12.3. The van der Waals surface area contributed by atoms with Gasteiger partial charge in [-0.3, -0.25) is 4.79 Å². The molecular formula is C49H74O13Si. The summed E-state index contributed by atoms with van der Waals surface area (Å²) in [6, 6.07) is 0. The van der Waals surface area contributed by atoms with Crippen LogP contribution >= 0.6 is 0 Å². The standard InChI is InChI=1S/C49H74O13Si/c1-25-19-29-12-14-32-26(2)20-31(52-32)16-17-49-24-39-44(60-49)45-46(58-39)47(61-49)43-34(57-45)15-13-30(54-43)21-40(51)59-42-28(4)41-38(55-37(42)22-35(53-29)27(25)3)23-36(33(56-41)11-10-18-50)62-63(8,9)48(5,6)7/h18,25,28-39,41-47H,2-3,10-17,19-24H2,1,4-9H3/t25-,28+,29+,30-,31+,32+,33-,34+,35-,36-,37+,38+,39-,41+,42-,43+,44+,45+,46+,47+,49+/m1/s1. The van der Waals surface area contributed by atoms with Crippen molar-refractivity contribution in [3.8, 4) is 0 Å². The van der Waals surface area contributed by atoms with Crippen molar-refractivity contribution >= 4 is 20.6 Å². The third-order valence-corrected chi connectivity index (χ3v) is 21.7. The Balaban J connectivity index is 0.932. The van der Waals surface area contributed by atoms with Crippen LogP contribution in [0.25, 0.3) is 0 Å². The number of carbonyl (C=O) groups is 2. The number of rotatable bonds is 5. The van der Waals surface area contributed by atoms with Crippen LogP contribution in [0.1, 0.15) is 125 Å². The molecule has 12 bridgehead atoms. The van der Waals surface area contributed by atoms with E-state index in [9.17, 15) is 9.59 Å². The first-order valence-electron chi connectivity index (χ1n) is 24.6. The Morgan fingerprint density at radius 2 is 1.43 bits per heavy atom. The molecule has 11 heterocycles. The molecule has 0 aromatic rings. The zero-order valence-electron chi connectivity index (χ0n) is 38.7. The highest BCUT2D eigenvalue weighted by molar-refractivity contribution is 6.74. The smallest absolute Gasteiger partial charge is 0.308 e. The summed E-state index contributed by atoms with van der Waals surface area (Å²) in [6.45, 7) is 24.6. The molecule has 13 nitrogen and oxygen atoms in total. The van der Waals surface area contributed by atoms with Crippen LogP contribution in [-0.2, 0) is 61.4 Å². The second-order valence-corrected chi connectivity index (χ2v) is 27.3. The molecule has 11 saturated heterocycles. The molecular weight excluding hydrogens is 825 g/mol. The highest BCUT2D eigenvalue weighted by Crippen LogP contribution is 2.55. The first kappa shape index (κ1) is 45.2. The highest BCUT2D eigenvalue weighted by atomic mass is 28.4. The molecule has 0 aromatic heterocycles. The van der Waals surface area contributed by atoms with E-state index in [1.165, 1.54) is 0 Å². The lowest BCUT2D eigenvalue weighted by molar-refractivity contribution is -0.293. The Morgan fingerprint density at radius 3 is 2.22 bits per heavy atom. The van der Waals surface area contributed by atoms with Crippen LogP contribution in [0, 0.1) is 11.8 Å². The second kappa shape index (κ2) is 17.2. The van der Waals surface area contributed by atoms with Crippen LogP contribution in [0.5, 0.6) is 0 Å². The minimum absolute atomic E-state index is 0.00733. The average molecular weight is 899 g/mol. The minimum Gasteiger partial charge on any atom is -0.459 e. The third kappa shape index (κ3) is 8.54. The van der Waals surface area contributed by atoms with E-state index < -0.39 is 32.4 Å². The van der Waals surface area contributed by atoms with Gasteiger partial charge in [-0.25, -0.2) is 0 Å². The van der Waals surface area contributed by atoms with Crippen molar-refractivity contribution in [2.75, 3.05) is 0 Å². The van der Waals surface area contributed by atoms with Gasteiger partial charge in [0, 0.05) is 38.0 Å². The maximum absolute atomic E-state index is 14.3. The molecule has 0 N–H and O–H groups in total. The largest absolute Gasteiger partial charge is 0.459 e. The van der Waals surface area contributed by atoms with Gasteiger partial charge in [0.2, 0.25) is 0 Å². The van der Waals surface area contributed by atoms with E-state index in [1.807, 2.05) is 0 Å². The van der Waals surface area contributed by atoms with Crippen molar-refractivity contribution < 1.29 is 61.4 Å². The maximum atomic E-state index is 14.3. The van der Waals surface area contributed by atoms with Crippen LogP contribution in [0.4, 0.5) is 0 Å². The molecule has 11 aliphatic heterocycles. The molecule has 14 heteroatoms. The summed E-state index contributed by atoms with van der Waals surface area (Å²) in [5, 5.41) is -0.00974. The summed E-state index contributed by atoms with van der Waals surface area (Å²) < 4.78 is 75.6.